The van der Waals surface area contributed by atoms with Crippen molar-refractivity contribution in [1.29, 1.82) is 0 Å². The molecule has 2 aromatic heterocycles. The summed E-state index contributed by atoms with van der Waals surface area (Å²) < 4.78 is 7.11. The van der Waals surface area contributed by atoms with Crippen molar-refractivity contribution in [1.82, 2.24) is 19.7 Å². The van der Waals surface area contributed by atoms with Gasteiger partial charge in [-0.15, -0.1) is 0 Å². The van der Waals surface area contributed by atoms with Crippen molar-refractivity contribution in [3.8, 4) is 11.6 Å². The number of aromatic nitrogens is 4. The second-order valence-electron chi connectivity index (χ2n) is 4.40. The molecule has 92 valence electrons. The van der Waals surface area contributed by atoms with Gasteiger partial charge in [-0.2, -0.15) is 4.98 Å². The standard InChI is InChI=1S/C11H17N5O/c1-7(2)8(6-12)11-14-9(15-17-11)10-13-4-5-16(10)3/h4-5,7-8H,6,12H2,1-3H3. The van der Waals surface area contributed by atoms with Crippen molar-refractivity contribution in [2.45, 2.75) is 19.8 Å². The van der Waals surface area contributed by atoms with E-state index in [0.29, 0.717) is 30.0 Å². The van der Waals surface area contributed by atoms with E-state index in [9.17, 15) is 0 Å². The van der Waals surface area contributed by atoms with E-state index in [-0.39, 0.29) is 5.92 Å². The SMILES string of the molecule is CC(C)C(CN)c1nc(-c2nccn2C)no1. The first-order valence-corrected chi connectivity index (χ1v) is 5.64. The summed E-state index contributed by atoms with van der Waals surface area (Å²) in [7, 11) is 1.89. The van der Waals surface area contributed by atoms with Crippen LogP contribution in [0, 0.1) is 5.92 Å². The zero-order chi connectivity index (χ0) is 12.4. The van der Waals surface area contributed by atoms with Crippen LogP contribution in [-0.4, -0.2) is 26.2 Å². The molecular weight excluding hydrogens is 218 g/mol. The Morgan fingerprint density at radius 2 is 2.24 bits per heavy atom. The highest BCUT2D eigenvalue weighted by Gasteiger charge is 2.22. The van der Waals surface area contributed by atoms with Gasteiger partial charge in [0, 0.05) is 26.0 Å². The molecule has 17 heavy (non-hydrogen) atoms. The molecule has 6 heteroatoms. The lowest BCUT2D eigenvalue weighted by Gasteiger charge is -2.13. The van der Waals surface area contributed by atoms with Gasteiger partial charge in [0.25, 0.3) is 0 Å². The van der Waals surface area contributed by atoms with Gasteiger partial charge in [-0.05, 0) is 5.92 Å². The lowest BCUT2D eigenvalue weighted by Crippen LogP contribution is -2.18. The molecular formula is C11H17N5O. The average Bonchev–Trinajstić information content (AvgIpc) is 2.87. The van der Waals surface area contributed by atoms with Gasteiger partial charge in [0.2, 0.25) is 11.7 Å². The molecule has 0 spiro atoms. The first-order chi connectivity index (χ1) is 8.13. The minimum atomic E-state index is 0.0940. The van der Waals surface area contributed by atoms with Crippen LogP contribution in [-0.2, 0) is 7.05 Å². The third-order valence-electron chi connectivity index (χ3n) is 2.84. The van der Waals surface area contributed by atoms with Crippen LogP contribution in [0.15, 0.2) is 16.9 Å². The van der Waals surface area contributed by atoms with Crippen LogP contribution in [0.25, 0.3) is 11.6 Å². The topological polar surface area (TPSA) is 82.8 Å². The van der Waals surface area contributed by atoms with E-state index in [2.05, 4.69) is 29.0 Å². The highest BCUT2D eigenvalue weighted by molar-refractivity contribution is 5.42. The van der Waals surface area contributed by atoms with Crippen LogP contribution in [0.5, 0.6) is 0 Å². The number of aryl methyl sites for hydroxylation is 1. The second-order valence-corrected chi connectivity index (χ2v) is 4.40. The number of nitrogens with zero attached hydrogens (tertiary/aromatic N) is 4. The monoisotopic (exact) mass is 235 g/mol. The number of nitrogens with two attached hydrogens (primary N) is 1. The molecule has 6 nitrogen and oxygen atoms in total. The average molecular weight is 235 g/mol. The minimum Gasteiger partial charge on any atom is -0.338 e. The molecule has 1 unspecified atom stereocenters. The maximum atomic E-state index is 5.71. The fourth-order valence-corrected chi connectivity index (χ4v) is 1.72. The summed E-state index contributed by atoms with van der Waals surface area (Å²) in [5.74, 6) is 2.25. The molecule has 2 heterocycles. The predicted octanol–water partition coefficient (Wildman–Crippen LogP) is 1.17. The Hall–Kier alpha value is -1.69. The highest BCUT2D eigenvalue weighted by Crippen LogP contribution is 2.23. The van der Waals surface area contributed by atoms with Crippen LogP contribution >= 0.6 is 0 Å². The molecule has 0 saturated heterocycles. The van der Waals surface area contributed by atoms with Crippen molar-refractivity contribution in [2.75, 3.05) is 6.54 Å². The van der Waals surface area contributed by atoms with Crippen LogP contribution in [0.3, 0.4) is 0 Å². The smallest absolute Gasteiger partial charge is 0.238 e. The van der Waals surface area contributed by atoms with Gasteiger partial charge in [0.1, 0.15) is 0 Å². The van der Waals surface area contributed by atoms with Gasteiger partial charge in [0.15, 0.2) is 5.82 Å². The molecule has 0 aromatic carbocycles. The minimum absolute atomic E-state index is 0.0940. The van der Waals surface area contributed by atoms with E-state index >= 15 is 0 Å². The van der Waals surface area contributed by atoms with E-state index in [1.54, 1.807) is 6.20 Å². The molecule has 0 aliphatic heterocycles. The Balaban J connectivity index is 2.30. The Labute approximate surface area is 99.8 Å². The highest BCUT2D eigenvalue weighted by atomic mass is 16.5. The molecule has 0 radical (unpaired) electrons. The molecule has 2 N–H and O–H groups in total. The maximum absolute atomic E-state index is 5.71. The van der Waals surface area contributed by atoms with Gasteiger partial charge in [-0.3, -0.25) is 0 Å². The summed E-state index contributed by atoms with van der Waals surface area (Å²) in [6, 6.07) is 0. The summed E-state index contributed by atoms with van der Waals surface area (Å²) in [6.45, 7) is 4.67. The summed E-state index contributed by atoms with van der Waals surface area (Å²) >= 11 is 0. The van der Waals surface area contributed by atoms with Crippen molar-refractivity contribution >= 4 is 0 Å². The van der Waals surface area contributed by atoms with Crippen LogP contribution in [0.2, 0.25) is 0 Å². The maximum Gasteiger partial charge on any atom is 0.238 e. The molecule has 0 aliphatic rings. The lowest BCUT2D eigenvalue weighted by molar-refractivity contribution is 0.324. The Morgan fingerprint density at radius 3 is 2.76 bits per heavy atom. The van der Waals surface area contributed by atoms with Crippen molar-refractivity contribution in [3.05, 3.63) is 18.3 Å². The molecule has 2 aromatic rings. The molecule has 2 rings (SSSR count). The van der Waals surface area contributed by atoms with E-state index in [0.717, 1.165) is 0 Å². The normalized spacial score (nSPS) is 13.2. The molecule has 0 bridgehead atoms. The van der Waals surface area contributed by atoms with E-state index in [4.69, 9.17) is 10.3 Å². The van der Waals surface area contributed by atoms with Crippen molar-refractivity contribution in [3.63, 3.8) is 0 Å². The number of imidazole rings is 1. The summed E-state index contributed by atoms with van der Waals surface area (Å²) in [5.41, 5.74) is 5.71. The van der Waals surface area contributed by atoms with Gasteiger partial charge in [-0.1, -0.05) is 19.0 Å². The number of rotatable bonds is 4. The number of hydrogen-bond acceptors (Lipinski definition) is 5. The van der Waals surface area contributed by atoms with E-state index < -0.39 is 0 Å². The zero-order valence-electron chi connectivity index (χ0n) is 10.3. The molecule has 0 amide bonds. The van der Waals surface area contributed by atoms with E-state index in [1.807, 2.05) is 17.8 Å². The summed E-state index contributed by atoms with van der Waals surface area (Å²) in [4.78, 5) is 8.54. The van der Waals surface area contributed by atoms with Gasteiger partial charge in [-0.25, -0.2) is 4.98 Å². The first kappa shape index (κ1) is 11.8. The Morgan fingerprint density at radius 1 is 1.47 bits per heavy atom. The van der Waals surface area contributed by atoms with Gasteiger partial charge >= 0.3 is 0 Å². The Kier molecular flexibility index (Phi) is 3.23. The lowest BCUT2D eigenvalue weighted by atomic mass is 9.96. The molecule has 0 fully saturated rings. The molecule has 0 saturated carbocycles. The first-order valence-electron chi connectivity index (χ1n) is 5.64. The van der Waals surface area contributed by atoms with Crippen LogP contribution in [0.4, 0.5) is 0 Å². The van der Waals surface area contributed by atoms with Gasteiger partial charge < -0.3 is 14.8 Å². The van der Waals surface area contributed by atoms with Crippen molar-refractivity contribution in [2.24, 2.45) is 18.7 Å². The Bertz CT molecular complexity index is 488. The second kappa shape index (κ2) is 4.67. The van der Waals surface area contributed by atoms with Crippen LogP contribution < -0.4 is 5.73 Å². The quantitative estimate of drug-likeness (QED) is 0.860. The van der Waals surface area contributed by atoms with Crippen molar-refractivity contribution < 1.29 is 4.52 Å². The molecule has 0 aliphatic carbocycles. The third kappa shape index (κ3) is 2.21. The fraction of sp³-hybridized carbons (Fsp3) is 0.545. The van der Waals surface area contributed by atoms with E-state index in [1.165, 1.54) is 0 Å². The van der Waals surface area contributed by atoms with Gasteiger partial charge in [0.05, 0.1) is 5.92 Å². The largest absolute Gasteiger partial charge is 0.338 e. The fourth-order valence-electron chi connectivity index (χ4n) is 1.72. The summed E-state index contributed by atoms with van der Waals surface area (Å²) in [5, 5.41) is 3.95. The third-order valence-corrected chi connectivity index (χ3v) is 2.84. The summed E-state index contributed by atoms with van der Waals surface area (Å²) in [6.07, 6.45) is 3.54. The van der Waals surface area contributed by atoms with Crippen LogP contribution in [0.1, 0.15) is 25.7 Å². The predicted molar refractivity (Wildman–Crippen MR) is 63.1 cm³/mol. The number of hydrogen-bond donors (Lipinski definition) is 1. The zero-order valence-corrected chi connectivity index (χ0v) is 10.3. The molecule has 1 atom stereocenters.